The lowest BCUT2D eigenvalue weighted by Crippen LogP contribution is -2.45. The number of hydrogen-bond acceptors (Lipinski definition) is 2. The zero-order chi connectivity index (χ0) is 10.8. The molecule has 3 nitrogen and oxygen atoms in total. The Balaban J connectivity index is 0.00000196. The number of carboxylic acid groups (broad SMARTS) is 1. The van der Waals surface area contributed by atoms with Gasteiger partial charge in [0, 0.05) is 5.56 Å². The van der Waals surface area contributed by atoms with Crippen molar-refractivity contribution in [2.75, 3.05) is 0 Å². The van der Waals surface area contributed by atoms with Crippen molar-refractivity contribution in [2.24, 2.45) is 5.73 Å². The first kappa shape index (κ1) is 13.8. The van der Waals surface area contributed by atoms with Crippen LogP contribution in [-0.4, -0.2) is 17.1 Å². The Hall–Kier alpha value is -1.20. The lowest BCUT2D eigenvalue weighted by molar-refractivity contribution is -0.149. The standard InChI is InChI=1S/C9H9F2NO2.ClH/c10-9(11,7(12)8(13)14)6-4-2-1-3-5-6;/h1-5,7H,12H2,(H,13,14);1H/t7-;/m0./s1. The van der Waals surface area contributed by atoms with Crippen LogP contribution in [0.5, 0.6) is 0 Å². The maximum Gasteiger partial charge on any atom is 0.327 e. The summed E-state index contributed by atoms with van der Waals surface area (Å²) in [5.41, 5.74) is 4.48. The van der Waals surface area contributed by atoms with E-state index in [1.54, 1.807) is 6.07 Å². The minimum Gasteiger partial charge on any atom is -0.480 e. The number of halogens is 3. The number of carbonyl (C=O) groups is 1. The fourth-order valence-corrected chi connectivity index (χ4v) is 0.995. The summed E-state index contributed by atoms with van der Waals surface area (Å²) in [4.78, 5) is 10.3. The molecule has 6 heteroatoms. The lowest BCUT2D eigenvalue weighted by atomic mass is 10.0. The Labute approximate surface area is 91.3 Å². The molecule has 1 aromatic carbocycles. The first-order valence-corrected chi connectivity index (χ1v) is 3.88. The van der Waals surface area contributed by atoms with Gasteiger partial charge in [-0.2, -0.15) is 8.78 Å². The molecule has 0 aliphatic rings. The third-order valence-corrected chi connectivity index (χ3v) is 1.82. The van der Waals surface area contributed by atoms with Gasteiger partial charge in [-0.3, -0.25) is 4.79 Å². The van der Waals surface area contributed by atoms with Crippen LogP contribution >= 0.6 is 12.4 Å². The third-order valence-electron chi connectivity index (χ3n) is 1.82. The van der Waals surface area contributed by atoms with Gasteiger partial charge in [0.2, 0.25) is 0 Å². The van der Waals surface area contributed by atoms with Crippen LogP contribution in [0, 0.1) is 0 Å². The Morgan fingerprint density at radius 3 is 2.20 bits per heavy atom. The number of benzene rings is 1. The average molecular weight is 238 g/mol. The first-order chi connectivity index (χ1) is 6.46. The van der Waals surface area contributed by atoms with E-state index in [0.717, 1.165) is 12.1 Å². The van der Waals surface area contributed by atoms with E-state index in [2.05, 4.69) is 0 Å². The minimum absolute atomic E-state index is 0. The highest BCUT2D eigenvalue weighted by molar-refractivity contribution is 5.85. The number of nitrogens with two attached hydrogens (primary N) is 1. The Morgan fingerprint density at radius 1 is 1.33 bits per heavy atom. The molecule has 0 amide bonds. The molecule has 1 rings (SSSR count). The van der Waals surface area contributed by atoms with Crippen molar-refractivity contribution >= 4 is 18.4 Å². The monoisotopic (exact) mass is 237 g/mol. The second kappa shape index (κ2) is 5.04. The zero-order valence-corrected chi connectivity index (χ0v) is 8.38. The van der Waals surface area contributed by atoms with E-state index in [4.69, 9.17) is 10.8 Å². The Bertz CT molecular complexity index is 332. The first-order valence-electron chi connectivity index (χ1n) is 3.88. The smallest absolute Gasteiger partial charge is 0.327 e. The van der Waals surface area contributed by atoms with Gasteiger partial charge in [0.1, 0.15) is 0 Å². The van der Waals surface area contributed by atoms with Crippen molar-refractivity contribution in [1.82, 2.24) is 0 Å². The SMILES string of the molecule is Cl.N[C@@H](C(=O)O)C(F)(F)c1ccccc1. The molecule has 0 aliphatic heterocycles. The number of alkyl halides is 2. The molecule has 15 heavy (non-hydrogen) atoms. The van der Waals surface area contributed by atoms with Gasteiger partial charge in [-0.15, -0.1) is 12.4 Å². The second-order valence-corrected chi connectivity index (χ2v) is 2.80. The van der Waals surface area contributed by atoms with Crippen LogP contribution < -0.4 is 5.73 Å². The van der Waals surface area contributed by atoms with Crippen LogP contribution in [0.25, 0.3) is 0 Å². The number of hydrogen-bond donors (Lipinski definition) is 2. The van der Waals surface area contributed by atoms with Crippen molar-refractivity contribution in [2.45, 2.75) is 12.0 Å². The summed E-state index contributed by atoms with van der Waals surface area (Å²) in [6.07, 6.45) is 0. The number of rotatable bonds is 3. The van der Waals surface area contributed by atoms with E-state index in [1.807, 2.05) is 0 Å². The predicted octanol–water partition coefficient (Wildman–Crippen LogP) is 1.61. The quantitative estimate of drug-likeness (QED) is 0.840. The van der Waals surface area contributed by atoms with Gasteiger partial charge >= 0.3 is 5.97 Å². The van der Waals surface area contributed by atoms with Crippen LogP contribution in [0.3, 0.4) is 0 Å². The number of aliphatic carboxylic acids is 1. The topological polar surface area (TPSA) is 63.3 Å². The van der Waals surface area contributed by atoms with Crippen LogP contribution in [0.2, 0.25) is 0 Å². The van der Waals surface area contributed by atoms with Gasteiger partial charge in [-0.1, -0.05) is 30.3 Å². The summed E-state index contributed by atoms with van der Waals surface area (Å²) in [6.45, 7) is 0. The van der Waals surface area contributed by atoms with Crippen molar-refractivity contribution in [3.05, 3.63) is 35.9 Å². The summed E-state index contributed by atoms with van der Waals surface area (Å²) in [5.74, 6) is -5.27. The molecule has 0 unspecified atom stereocenters. The van der Waals surface area contributed by atoms with Gasteiger partial charge in [0.15, 0.2) is 6.04 Å². The maximum atomic E-state index is 13.3. The van der Waals surface area contributed by atoms with Crippen LogP contribution in [-0.2, 0) is 10.7 Å². The minimum atomic E-state index is -3.55. The van der Waals surface area contributed by atoms with Gasteiger partial charge in [-0.05, 0) is 0 Å². The highest BCUT2D eigenvalue weighted by Gasteiger charge is 2.43. The van der Waals surface area contributed by atoms with Crippen LogP contribution in [0.15, 0.2) is 30.3 Å². The van der Waals surface area contributed by atoms with Crippen molar-refractivity contribution in [1.29, 1.82) is 0 Å². The fraction of sp³-hybridized carbons (Fsp3) is 0.222. The Kier molecular flexibility index (Phi) is 4.64. The molecule has 3 N–H and O–H groups in total. The van der Waals surface area contributed by atoms with E-state index < -0.39 is 23.5 Å². The molecule has 0 radical (unpaired) electrons. The van der Waals surface area contributed by atoms with E-state index in [-0.39, 0.29) is 12.4 Å². The van der Waals surface area contributed by atoms with Crippen LogP contribution in [0.4, 0.5) is 8.78 Å². The normalized spacial score (nSPS) is 12.7. The molecule has 0 aromatic heterocycles. The summed E-state index contributed by atoms with van der Waals surface area (Å²) in [5, 5.41) is 8.37. The van der Waals surface area contributed by atoms with Gasteiger partial charge in [-0.25, -0.2) is 0 Å². The van der Waals surface area contributed by atoms with E-state index in [0.29, 0.717) is 0 Å². The molecule has 0 heterocycles. The summed E-state index contributed by atoms with van der Waals surface area (Å²) >= 11 is 0. The molecule has 0 saturated heterocycles. The zero-order valence-electron chi connectivity index (χ0n) is 7.56. The highest BCUT2D eigenvalue weighted by atomic mass is 35.5. The molecular weight excluding hydrogens is 228 g/mol. The third kappa shape index (κ3) is 2.87. The molecule has 0 saturated carbocycles. The highest BCUT2D eigenvalue weighted by Crippen LogP contribution is 2.30. The second-order valence-electron chi connectivity index (χ2n) is 2.80. The maximum absolute atomic E-state index is 13.3. The molecule has 1 atom stereocenters. The Morgan fingerprint density at radius 2 is 1.80 bits per heavy atom. The summed E-state index contributed by atoms with van der Waals surface area (Å²) < 4.78 is 26.6. The van der Waals surface area contributed by atoms with Gasteiger partial charge < -0.3 is 10.8 Å². The molecule has 0 bridgehead atoms. The molecular formula is C9H10ClF2NO2. The molecule has 0 fully saturated rings. The molecule has 0 spiro atoms. The molecule has 1 aromatic rings. The average Bonchev–Trinajstić information content (AvgIpc) is 2.18. The molecule has 0 aliphatic carbocycles. The van der Waals surface area contributed by atoms with Crippen molar-refractivity contribution < 1.29 is 18.7 Å². The van der Waals surface area contributed by atoms with Crippen molar-refractivity contribution in [3.63, 3.8) is 0 Å². The fourth-order valence-electron chi connectivity index (χ4n) is 0.995. The lowest BCUT2D eigenvalue weighted by Gasteiger charge is -2.20. The predicted molar refractivity (Wildman–Crippen MR) is 53.2 cm³/mol. The summed E-state index contributed by atoms with van der Waals surface area (Å²) in [6, 6.07) is 4.43. The molecule has 84 valence electrons. The largest absolute Gasteiger partial charge is 0.480 e. The van der Waals surface area contributed by atoms with E-state index >= 15 is 0 Å². The van der Waals surface area contributed by atoms with Gasteiger partial charge in [0.25, 0.3) is 5.92 Å². The van der Waals surface area contributed by atoms with Crippen LogP contribution in [0.1, 0.15) is 5.56 Å². The van der Waals surface area contributed by atoms with Crippen molar-refractivity contribution in [3.8, 4) is 0 Å². The van der Waals surface area contributed by atoms with E-state index in [1.165, 1.54) is 12.1 Å². The van der Waals surface area contributed by atoms with Gasteiger partial charge in [0.05, 0.1) is 0 Å². The van der Waals surface area contributed by atoms with E-state index in [9.17, 15) is 13.6 Å². The summed E-state index contributed by atoms with van der Waals surface area (Å²) in [7, 11) is 0. The number of carboxylic acids is 1.